The average molecular weight is 723 g/mol. The van der Waals surface area contributed by atoms with Crippen LogP contribution in [0.4, 0.5) is 0 Å². The van der Waals surface area contributed by atoms with Crippen LogP contribution in [0.15, 0.2) is 194 Å². The Morgan fingerprint density at radius 1 is 0.263 bits per heavy atom. The summed E-state index contributed by atoms with van der Waals surface area (Å²) in [6.45, 7) is 4.73. The summed E-state index contributed by atoms with van der Waals surface area (Å²) in [5.74, 6) is 0. The van der Waals surface area contributed by atoms with E-state index in [-0.39, 0.29) is 5.41 Å². The Kier molecular flexibility index (Phi) is 6.78. The van der Waals surface area contributed by atoms with Crippen molar-refractivity contribution in [3.8, 4) is 44.5 Å². The van der Waals surface area contributed by atoms with Gasteiger partial charge in [-0.25, -0.2) is 0 Å². The van der Waals surface area contributed by atoms with Gasteiger partial charge >= 0.3 is 0 Å². The molecule has 0 nitrogen and oxygen atoms in total. The summed E-state index contributed by atoms with van der Waals surface area (Å²) in [4.78, 5) is 0. The summed E-state index contributed by atoms with van der Waals surface area (Å²) in [6, 6.07) is 73.0. The summed E-state index contributed by atoms with van der Waals surface area (Å²) >= 11 is 0. The topological polar surface area (TPSA) is 0 Å². The van der Waals surface area contributed by atoms with E-state index in [0.29, 0.717) is 0 Å². The van der Waals surface area contributed by atoms with Gasteiger partial charge < -0.3 is 0 Å². The molecule has 0 N–H and O–H groups in total. The molecule has 0 aliphatic heterocycles. The predicted octanol–water partition coefficient (Wildman–Crippen LogP) is 15.9. The second-order valence-corrected chi connectivity index (χ2v) is 16.4. The predicted molar refractivity (Wildman–Crippen MR) is 245 cm³/mol. The van der Waals surface area contributed by atoms with Crippen molar-refractivity contribution < 1.29 is 0 Å². The Morgan fingerprint density at radius 3 is 1.65 bits per heavy atom. The SMILES string of the molecule is CC1(C)c2ccccc2-c2cc(-c3c4ccccc4c(-c4cc5c6ccccc6ccc5c5ccccc45)c4ccc(-c5ccc6ccccc6c5)cc34)ccc21. The Bertz CT molecular complexity index is 3490. The van der Waals surface area contributed by atoms with Gasteiger partial charge in [-0.2, -0.15) is 0 Å². The highest BCUT2D eigenvalue weighted by atomic mass is 14.4. The van der Waals surface area contributed by atoms with Crippen molar-refractivity contribution in [2.75, 3.05) is 0 Å². The van der Waals surface area contributed by atoms with Gasteiger partial charge in [0.05, 0.1) is 0 Å². The Balaban J connectivity index is 1.22. The molecule has 12 rings (SSSR count). The van der Waals surface area contributed by atoms with Crippen molar-refractivity contribution in [1.29, 1.82) is 0 Å². The summed E-state index contributed by atoms with van der Waals surface area (Å²) in [7, 11) is 0. The van der Waals surface area contributed by atoms with Crippen LogP contribution in [0.3, 0.4) is 0 Å². The molecule has 0 heteroatoms. The summed E-state index contributed by atoms with van der Waals surface area (Å²) in [5, 5.41) is 15.3. The Hall–Kier alpha value is -7.02. The maximum absolute atomic E-state index is 2.48. The molecule has 0 saturated heterocycles. The van der Waals surface area contributed by atoms with Gasteiger partial charge in [-0.1, -0.05) is 184 Å². The largest absolute Gasteiger partial charge is 0.0619 e. The highest BCUT2D eigenvalue weighted by Gasteiger charge is 2.35. The molecule has 0 fully saturated rings. The second-order valence-electron chi connectivity index (χ2n) is 16.4. The molecule has 0 atom stereocenters. The van der Waals surface area contributed by atoms with Gasteiger partial charge in [0.15, 0.2) is 0 Å². The standard InChI is InChI=1S/C57H38/c1-57(2)53-22-12-11-19-45(53)50-33-40(27-30-54(50)57)55-46-20-9-10-21-47(46)56(48-29-26-39(32-51(48)55)38-24-23-35-13-3-4-15-37(35)31-38)52-34-49-41-16-6-5-14-36(41)25-28-44(49)42-17-7-8-18-43(42)52/h3-34H,1-2H3. The monoisotopic (exact) mass is 722 g/mol. The van der Waals surface area contributed by atoms with E-state index in [1.165, 1.54) is 120 Å². The van der Waals surface area contributed by atoms with Crippen molar-refractivity contribution in [1.82, 2.24) is 0 Å². The third-order valence-corrected chi connectivity index (χ3v) is 13.0. The van der Waals surface area contributed by atoms with E-state index in [0.717, 1.165) is 0 Å². The number of rotatable bonds is 3. The van der Waals surface area contributed by atoms with Crippen LogP contribution in [0.1, 0.15) is 25.0 Å². The van der Waals surface area contributed by atoms with Crippen LogP contribution < -0.4 is 0 Å². The first kappa shape index (κ1) is 32.2. The number of benzene rings is 11. The minimum Gasteiger partial charge on any atom is -0.0619 e. The van der Waals surface area contributed by atoms with Crippen LogP contribution in [0.2, 0.25) is 0 Å². The fourth-order valence-corrected chi connectivity index (χ4v) is 10.3. The molecule has 11 aromatic carbocycles. The minimum absolute atomic E-state index is 0.0526. The lowest BCUT2D eigenvalue weighted by atomic mass is 9.80. The number of hydrogen-bond donors (Lipinski definition) is 0. The van der Waals surface area contributed by atoms with Crippen molar-refractivity contribution in [2.45, 2.75) is 19.3 Å². The van der Waals surface area contributed by atoms with Gasteiger partial charge in [0.25, 0.3) is 0 Å². The summed E-state index contributed by atoms with van der Waals surface area (Å²) in [5.41, 5.74) is 13.0. The van der Waals surface area contributed by atoms with E-state index in [4.69, 9.17) is 0 Å². The van der Waals surface area contributed by atoms with Crippen molar-refractivity contribution in [3.63, 3.8) is 0 Å². The number of hydrogen-bond acceptors (Lipinski definition) is 0. The lowest BCUT2D eigenvalue weighted by Gasteiger charge is -2.22. The van der Waals surface area contributed by atoms with E-state index in [9.17, 15) is 0 Å². The van der Waals surface area contributed by atoms with Gasteiger partial charge in [-0.05, 0) is 145 Å². The molecule has 0 unspecified atom stereocenters. The maximum atomic E-state index is 2.48. The zero-order valence-electron chi connectivity index (χ0n) is 32.0. The van der Waals surface area contributed by atoms with E-state index in [1.54, 1.807) is 0 Å². The van der Waals surface area contributed by atoms with E-state index in [1.807, 2.05) is 0 Å². The average Bonchev–Trinajstić information content (AvgIpc) is 3.50. The lowest BCUT2D eigenvalue weighted by molar-refractivity contribution is 0.660. The zero-order chi connectivity index (χ0) is 37.8. The van der Waals surface area contributed by atoms with Gasteiger partial charge in [0.1, 0.15) is 0 Å². The second kappa shape index (κ2) is 12.0. The minimum atomic E-state index is -0.0526. The van der Waals surface area contributed by atoms with Crippen LogP contribution in [0.25, 0.3) is 109 Å². The molecule has 0 aromatic heterocycles. The summed E-state index contributed by atoms with van der Waals surface area (Å²) < 4.78 is 0. The molecule has 0 bridgehead atoms. The lowest BCUT2D eigenvalue weighted by Crippen LogP contribution is -2.14. The molecular weight excluding hydrogens is 685 g/mol. The first-order valence-electron chi connectivity index (χ1n) is 20.1. The van der Waals surface area contributed by atoms with E-state index < -0.39 is 0 Å². The van der Waals surface area contributed by atoms with Crippen LogP contribution in [0.5, 0.6) is 0 Å². The van der Waals surface area contributed by atoms with Crippen LogP contribution in [-0.2, 0) is 5.41 Å². The van der Waals surface area contributed by atoms with Gasteiger partial charge in [0.2, 0.25) is 0 Å². The van der Waals surface area contributed by atoms with Gasteiger partial charge in [-0.3, -0.25) is 0 Å². The highest BCUT2D eigenvalue weighted by molar-refractivity contribution is 6.28. The molecule has 1 aliphatic rings. The Labute approximate surface area is 332 Å². The van der Waals surface area contributed by atoms with E-state index in [2.05, 4.69) is 208 Å². The van der Waals surface area contributed by atoms with Crippen molar-refractivity contribution in [3.05, 3.63) is 205 Å². The molecule has 0 radical (unpaired) electrons. The van der Waals surface area contributed by atoms with Crippen LogP contribution in [0, 0.1) is 0 Å². The third kappa shape index (κ3) is 4.68. The fourth-order valence-electron chi connectivity index (χ4n) is 10.3. The molecule has 0 spiro atoms. The first-order chi connectivity index (χ1) is 28.0. The number of fused-ring (bicyclic) bond motifs is 11. The van der Waals surface area contributed by atoms with E-state index >= 15 is 0 Å². The molecule has 0 amide bonds. The molecule has 0 saturated carbocycles. The van der Waals surface area contributed by atoms with Crippen molar-refractivity contribution in [2.24, 2.45) is 0 Å². The van der Waals surface area contributed by atoms with Crippen molar-refractivity contribution >= 4 is 64.6 Å². The van der Waals surface area contributed by atoms with Gasteiger partial charge in [0, 0.05) is 5.41 Å². The van der Waals surface area contributed by atoms with Crippen LogP contribution >= 0.6 is 0 Å². The Morgan fingerprint density at radius 2 is 0.807 bits per heavy atom. The molecule has 266 valence electrons. The quantitative estimate of drug-likeness (QED) is 0.126. The normalized spacial score (nSPS) is 13.2. The first-order valence-corrected chi connectivity index (χ1v) is 20.1. The smallest absolute Gasteiger partial charge is 0.0158 e. The molecule has 1 aliphatic carbocycles. The zero-order valence-corrected chi connectivity index (χ0v) is 32.0. The fraction of sp³-hybridized carbons (Fsp3) is 0.0526. The highest BCUT2D eigenvalue weighted by Crippen LogP contribution is 2.52. The maximum Gasteiger partial charge on any atom is 0.0158 e. The van der Waals surface area contributed by atoms with Gasteiger partial charge in [-0.15, -0.1) is 0 Å². The summed E-state index contributed by atoms with van der Waals surface area (Å²) in [6.07, 6.45) is 0. The van der Waals surface area contributed by atoms with Crippen LogP contribution in [-0.4, -0.2) is 0 Å². The molecular formula is C57H38. The molecule has 0 heterocycles. The molecule has 57 heavy (non-hydrogen) atoms. The third-order valence-electron chi connectivity index (χ3n) is 13.0. The molecule has 11 aromatic rings.